The summed E-state index contributed by atoms with van der Waals surface area (Å²) < 4.78 is 7.12. The van der Waals surface area contributed by atoms with Crippen LogP contribution in [0.2, 0.25) is 0 Å². The number of aryl methyl sites for hydroxylation is 2. The molecule has 1 heterocycles. The van der Waals surface area contributed by atoms with Gasteiger partial charge < -0.3 is 9.73 Å². The van der Waals surface area contributed by atoms with Gasteiger partial charge in [-0.05, 0) is 60.5 Å². The number of nitrogens with zero attached hydrogens (tertiary/aromatic N) is 1. The third-order valence-corrected chi connectivity index (χ3v) is 4.74. The maximum absolute atomic E-state index is 5.89. The van der Waals surface area contributed by atoms with Gasteiger partial charge in [0.25, 0.3) is 0 Å². The highest BCUT2D eigenvalue weighted by atomic mass is 127. The topological polar surface area (TPSA) is 38.1 Å². The molecule has 0 aliphatic rings. The lowest BCUT2D eigenvalue weighted by Crippen LogP contribution is -2.21. The van der Waals surface area contributed by atoms with Gasteiger partial charge in [0.1, 0.15) is 0 Å². The Hall–Kier alpha value is -0.880. The maximum Gasteiger partial charge on any atom is 0.194 e. The molecule has 1 N–H and O–H groups in total. The van der Waals surface area contributed by atoms with Crippen molar-refractivity contribution in [2.75, 3.05) is 13.1 Å². The molecule has 0 atom stereocenters. The predicted octanol–water partition coefficient (Wildman–Crippen LogP) is 4.43. The summed E-state index contributed by atoms with van der Waals surface area (Å²) in [6, 6.07) is 6.26. The Labute approximate surface area is 140 Å². The van der Waals surface area contributed by atoms with Gasteiger partial charge in [0.15, 0.2) is 11.7 Å². The summed E-state index contributed by atoms with van der Waals surface area (Å²) in [5.41, 5.74) is 2.40. The number of aromatic nitrogens is 1. The predicted molar refractivity (Wildman–Crippen MR) is 95.4 cm³/mol. The largest absolute Gasteiger partial charge is 0.441 e. The Morgan fingerprint density at radius 3 is 2.90 bits per heavy atom. The van der Waals surface area contributed by atoms with E-state index in [1.807, 2.05) is 6.20 Å². The zero-order chi connectivity index (χ0) is 15.2. The van der Waals surface area contributed by atoms with E-state index in [9.17, 15) is 0 Å². The number of benzene rings is 1. The molecule has 4 heteroatoms. The van der Waals surface area contributed by atoms with Crippen LogP contribution in [0.25, 0.3) is 11.3 Å². The average Bonchev–Trinajstić information content (AvgIpc) is 2.90. The number of halogens is 1. The molecule has 0 radical (unpaired) electrons. The molecular formula is C17H23IN2O. The van der Waals surface area contributed by atoms with Crippen molar-refractivity contribution < 1.29 is 4.42 Å². The summed E-state index contributed by atoms with van der Waals surface area (Å²) in [7, 11) is 0. The number of hydrogen-bond donors (Lipinski definition) is 1. The molecule has 0 unspecified atom stereocenters. The zero-order valence-electron chi connectivity index (χ0n) is 12.9. The molecular weight excluding hydrogens is 375 g/mol. The second-order valence-electron chi connectivity index (χ2n) is 5.76. The summed E-state index contributed by atoms with van der Waals surface area (Å²) in [6.07, 6.45) is 3.78. The molecule has 2 rings (SSSR count). The van der Waals surface area contributed by atoms with E-state index in [0.717, 1.165) is 43.1 Å². The SMILES string of the molecule is Cc1cccc(-c2cnc(CCCNCC(C)C)o2)c1I. The molecule has 114 valence electrons. The summed E-state index contributed by atoms with van der Waals surface area (Å²) in [4.78, 5) is 4.40. The van der Waals surface area contributed by atoms with Crippen molar-refractivity contribution in [1.82, 2.24) is 10.3 Å². The Morgan fingerprint density at radius 1 is 1.33 bits per heavy atom. The highest BCUT2D eigenvalue weighted by molar-refractivity contribution is 14.1. The van der Waals surface area contributed by atoms with Gasteiger partial charge in [-0.2, -0.15) is 0 Å². The van der Waals surface area contributed by atoms with Crippen molar-refractivity contribution in [3.8, 4) is 11.3 Å². The highest BCUT2D eigenvalue weighted by Crippen LogP contribution is 2.28. The minimum Gasteiger partial charge on any atom is -0.441 e. The van der Waals surface area contributed by atoms with Crippen molar-refractivity contribution in [1.29, 1.82) is 0 Å². The lowest BCUT2D eigenvalue weighted by molar-refractivity contribution is 0.483. The minimum atomic E-state index is 0.696. The van der Waals surface area contributed by atoms with Crippen LogP contribution in [0.1, 0.15) is 31.7 Å². The van der Waals surface area contributed by atoms with Gasteiger partial charge in [-0.1, -0.05) is 32.0 Å². The van der Waals surface area contributed by atoms with Gasteiger partial charge >= 0.3 is 0 Å². The van der Waals surface area contributed by atoms with Crippen molar-refractivity contribution in [2.24, 2.45) is 5.92 Å². The molecule has 1 aromatic carbocycles. The normalized spacial score (nSPS) is 11.3. The van der Waals surface area contributed by atoms with Crippen molar-refractivity contribution in [2.45, 2.75) is 33.6 Å². The van der Waals surface area contributed by atoms with Gasteiger partial charge in [0, 0.05) is 15.6 Å². The van der Waals surface area contributed by atoms with Gasteiger partial charge in [0.05, 0.1) is 6.20 Å². The first kappa shape index (κ1) is 16.5. The van der Waals surface area contributed by atoms with Crippen LogP contribution in [0, 0.1) is 16.4 Å². The van der Waals surface area contributed by atoms with Crippen LogP contribution in [0.4, 0.5) is 0 Å². The van der Waals surface area contributed by atoms with Crippen LogP contribution < -0.4 is 5.32 Å². The molecule has 21 heavy (non-hydrogen) atoms. The Balaban J connectivity index is 1.91. The van der Waals surface area contributed by atoms with E-state index in [0.29, 0.717) is 5.92 Å². The lowest BCUT2D eigenvalue weighted by Gasteiger charge is -2.06. The maximum atomic E-state index is 5.89. The van der Waals surface area contributed by atoms with Gasteiger partial charge in [-0.25, -0.2) is 4.98 Å². The second-order valence-corrected chi connectivity index (χ2v) is 6.83. The fraction of sp³-hybridized carbons (Fsp3) is 0.471. The lowest BCUT2D eigenvalue weighted by atomic mass is 10.1. The van der Waals surface area contributed by atoms with Crippen molar-refractivity contribution in [3.05, 3.63) is 39.4 Å². The van der Waals surface area contributed by atoms with Crippen LogP contribution >= 0.6 is 22.6 Å². The smallest absolute Gasteiger partial charge is 0.194 e. The van der Waals surface area contributed by atoms with Gasteiger partial charge in [-0.3, -0.25) is 0 Å². The van der Waals surface area contributed by atoms with Crippen molar-refractivity contribution in [3.63, 3.8) is 0 Å². The summed E-state index contributed by atoms with van der Waals surface area (Å²) in [5.74, 6) is 2.39. The number of nitrogens with one attached hydrogen (secondary N) is 1. The van der Waals surface area contributed by atoms with Crippen LogP contribution in [0.3, 0.4) is 0 Å². The van der Waals surface area contributed by atoms with E-state index in [1.54, 1.807) is 0 Å². The molecule has 0 saturated heterocycles. The molecule has 2 aromatic rings. The quantitative estimate of drug-likeness (QED) is 0.554. The molecule has 0 bridgehead atoms. The second kappa shape index (κ2) is 7.94. The monoisotopic (exact) mass is 398 g/mol. The van der Waals surface area contributed by atoms with Gasteiger partial charge in [-0.15, -0.1) is 0 Å². The molecule has 0 saturated carbocycles. The van der Waals surface area contributed by atoms with E-state index in [4.69, 9.17) is 4.42 Å². The van der Waals surface area contributed by atoms with E-state index in [-0.39, 0.29) is 0 Å². The number of hydrogen-bond acceptors (Lipinski definition) is 3. The minimum absolute atomic E-state index is 0.696. The van der Waals surface area contributed by atoms with E-state index >= 15 is 0 Å². The third-order valence-electron chi connectivity index (χ3n) is 3.31. The molecule has 0 aliphatic carbocycles. The Bertz CT molecular complexity index is 578. The zero-order valence-corrected chi connectivity index (χ0v) is 15.1. The summed E-state index contributed by atoms with van der Waals surface area (Å²) >= 11 is 2.37. The first-order chi connectivity index (χ1) is 10.1. The average molecular weight is 398 g/mol. The molecule has 0 amide bonds. The fourth-order valence-corrected chi connectivity index (χ4v) is 2.77. The van der Waals surface area contributed by atoms with Crippen LogP contribution in [0.15, 0.2) is 28.8 Å². The van der Waals surface area contributed by atoms with Gasteiger partial charge in [0.2, 0.25) is 0 Å². The van der Waals surface area contributed by atoms with Crippen LogP contribution in [-0.4, -0.2) is 18.1 Å². The van der Waals surface area contributed by atoms with Crippen molar-refractivity contribution >= 4 is 22.6 Å². The van der Waals surface area contributed by atoms with E-state index < -0.39 is 0 Å². The van der Waals surface area contributed by atoms with Crippen LogP contribution in [0.5, 0.6) is 0 Å². The third kappa shape index (κ3) is 4.81. The van der Waals surface area contributed by atoms with E-state index in [1.165, 1.54) is 9.13 Å². The Kier molecular flexibility index (Phi) is 6.23. The standard InChI is InChI=1S/C17H23IN2O/c1-12(2)10-19-9-5-8-16-20-11-15(21-16)14-7-4-6-13(3)17(14)18/h4,6-7,11-12,19H,5,8-10H2,1-3H3. The molecule has 3 nitrogen and oxygen atoms in total. The molecule has 1 aromatic heterocycles. The summed E-state index contributed by atoms with van der Waals surface area (Å²) in [5, 5.41) is 3.44. The number of rotatable bonds is 7. The first-order valence-corrected chi connectivity index (χ1v) is 8.56. The summed E-state index contributed by atoms with van der Waals surface area (Å²) in [6.45, 7) is 8.63. The highest BCUT2D eigenvalue weighted by Gasteiger charge is 2.10. The molecule has 0 aliphatic heterocycles. The number of oxazole rings is 1. The first-order valence-electron chi connectivity index (χ1n) is 7.49. The van der Waals surface area contributed by atoms with Crippen LogP contribution in [-0.2, 0) is 6.42 Å². The Morgan fingerprint density at radius 2 is 2.14 bits per heavy atom. The molecule has 0 fully saturated rings. The molecule has 0 spiro atoms. The van der Waals surface area contributed by atoms with E-state index in [2.05, 4.69) is 71.9 Å². The fourth-order valence-electron chi connectivity index (χ4n) is 2.14.